The van der Waals surface area contributed by atoms with Gasteiger partial charge in [-0.2, -0.15) is 5.26 Å². The molecule has 6 atom stereocenters. The first-order valence-corrected chi connectivity index (χ1v) is 15.5. The normalized spacial score (nSPS) is 25.6. The molecule has 3 saturated carbocycles. The van der Waals surface area contributed by atoms with E-state index in [1.807, 2.05) is 60.7 Å². The van der Waals surface area contributed by atoms with Crippen LogP contribution in [-0.2, 0) is 38.3 Å². The third-order valence-corrected chi connectivity index (χ3v) is 9.86. The molecule has 1 unspecified atom stereocenters. The highest BCUT2D eigenvalue weighted by molar-refractivity contribution is 6.47. The lowest BCUT2D eigenvalue weighted by Crippen LogP contribution is -2.65. The first-order valence-electron chi connectivity index (χ1n) is 15.5. The molecule has 8 nitrogen and oxygen atoms in total. The zero-order chi connectivity index (χ0) is 31.5. The lowest BCUT2D eigenvalue weighted by Gasteiger charge is -2.64. The number of ether oxygens (including phenoxy) is 1. The van der Waals surface area contributed by atoms with Crippen LogP contribution in [0.1, 0.15) is 56.7 Å². The van der Waals surface area contributed by atoms with Crippen LogP contribution in [0, 0.1) is 46.3 Å². The van der Waals surface area contributed by atoms with Crippen molar-refractivity contribution < 1.29 is 23.6 Å². The number of nitrogens with zero attached hydrogens (tertiary/aromatic N) is 2. The molecule has 4 fully saturated rings. The molecule has 230 valence electrons. The van der Waals surface area contributed by atoms with Crippen molar-refractivity contribution >= 4 is 19.1 Å². The van der Waals surface area contributed by atoms with Gasteiger partial charge in [-0.25, -0.2) is 4.79 Å². The van der Waals surface area contributed by atoms with Crippen LogP contribution in [0.4, 0.5) is 4.79 Å². The number of hydrogen-bond donors (Lipinski definition) is 1. The molecule has 1 N–H and O–H groups in total. The molecule has 2 aromatic carbocycles. The zero-order valence-electron chi connectivity index (χ0n) is 26.3. The Morgan fingerprint density at radius 3 is 2.52 bits per heavy atom. The molecule has 0 spiro atoms. The zero-order valence-corrected chi connectivity index (χ0v) is 26.3. The van der Waals surface area contributed by atoms with Crippen LogP contribution < -0.4 is 5.32 Å². The monoisotopic (exact) mass is 595 g/mol. The fourth-order valence-electron chi connectivity index (χ4n) is 7.16. The second-order valence-electron chi connectivity index (χ2n) is 13.3. The number of nitriles is 1. The Balaban J connectivity index is 1.18. The fraction of sp³-hybridized carbons (Fsp3) is 0.514. The first kappa shape index (κ1) is 31.6. The van der Waals surface area contributed by atoms with E-state index in [4.69, 9.17) is 14.0 Å². The van der Waals surface area contributed by atoms with Crippen LogP contribution in [0.25, 0.3) is 0 Å². The van der Waals surface area contributed by atoms with Gasteiger partial charge in [0, 0.05) is 20.5 Å². The quantitative estimate of drug-likeness (QED) is 0.325. The molecule has 3 aliphatic carbocycles. The Hall–Kier alpha value is -3.79. The van der Waals surface area contributed by atoms with Crippen molar-refractivity contribution in [3.8, 4) is 17.9 Å². The summed E-state index contributed by atoms with van der Waals surface area (Å²) in [6.07, 6.45) is 3.36. The second kappa shape index (κ2) is 13.1. The van der Waals surface area contributed by atoms with Crippen LogP contribution in [0.5, 0.6) is 0 Å². The minimum atomic E-state index is -0.960. The topological polar surface area (TPSA) is 101 Å². The SMILES string of the molecule is CN(C)C(=O)C(C#N)C#CCCc1cccc(COC(=O)N[C@@H](Cc2ccccc2)B2O[C@@H]3C[C@@H]4C[C@@H](C4(C)C)[C@]3(C)O2)c1. The van der Waals surface area contributed by atoms with Crippen molar-refractivity contribution in [2.45, 2.75) is 77.1 Å². The standard InChI is InChI=1S/C35H42BN3O5/c1-34(2)28-20-29(34)35(3)30(21-28)43-36(44-35)31(19-25-12-7-6-8-13-25)38-33(41)42-23-26-16-11-15-24(18-26)14-9-10-17-27(22-37)32(40)39(4)5/h6-8,11-13,15-16,18,27-31H,9,14,19-21,23H2,1-5H3,(H,38,41)/t27?,28-,29-,30+,31-,35-/m0/s1. The van der Waals surface area contributed by atoms with Gasteiger partial charge in [0.2, 0.25) is 0 Å². The predicted octanol–water partition coefficient (Wildman–Crippen LogP) is 4.96. The Labute approximate surface area is 261 Å². The molecule has 1 saturated heterocycles. The molecular formula is C35H42BN3O5. The van der Waals surface area contributed by atoms with E-state index < -0.39 is 25.1 Å². The Bertz CT molecular complexity index is 1460. The number of alkyl carbamates (subject to hydrolysis) is 1. The van der Waals surface area contributed by atoms with E-state index in [1.54, 1.807) is 14.1 Å². The van der Waals surface area contributed by atoms with Crippen molar-refractivity contribution in [3.63, 3.8) is 0 Å². The van der Waals surface area contributed by atoms with Gasteiger partial charge in [-0.3, -0.25) is 4.79 Å². The Morgan fingerprint density at radius 1 is 1.09 bits per heavy atom. The van der Waals surface area contributed by atoms with Crippen molar-refractivity contribution in [3.05, 3.63) is 71.3 Å². The Kier molecular flexibility index (Phi) is 9.39. The highest BCUT2D eigenvalue weighted by atomic mass is 16.7. The first-order chi connectivity index (χ1) is 21.0. The summed E-state index contributed by atoms with van der Waals surface area (Å²) in [5.41, 5.74) is 2.83. The van der Waals surface area contributed by atoms with E-state index >= 15 is 0 Å². The van der Waals surface area contributed by atoms with Crippen LogP contribution in [0.3, 0.4) is 0 Å². The number of rotatable bonds is 9. The van der Waals surface area contributed by atoms with Gasteiger partial charge in [-0.1, -0.05) is 74.4 Å². The van der Waals surface area contributed by atoms with E-state index in [0.29, 0.717) is 31.1 Å². The molecule has 2 bridgehead atoms. The van der Waals surface area contributed by atoms with Crippen LogP contribution in [0.2, 0.25) is 0 Å². The van der Waals surface area contributed by atoms with E-state index in [0.717, 1.165) is 29.5 Å². The van der Waals surface area contributed by atoms with Crippen molar-refractivity contribution in [2.24, 2.45) is 23.2 Å². The van der Waals surface area contributed by atoms with Gasteiger partial charge >= 0.3 is 13.2 Å². The van der Waals surface area contributed by atoms with Crippen molar-refractivity contribution in [1.29, 1.82) is 5.26 Å². The lowest BCUT2D eigenvalue weighted by molar-refractivity contribution is -0.199. The largest absolute Gasteiger partial charge is 0.482 e. The van der Waals surface area contributed by atoms with Gasteiger partial charge in [-0.15, -0.1) is 5.92 Å². The number of amides is 2. The van der Waals surface area contributed by atoms with Crippen molar-refractivity contribution in [1.82, 2.24) is 10.2 Å². The van der Waals surface area contributed by atoms with E-state index in [1.165, 1.54) is 4.90 Å². The number of carbonyl (C=O) groups excluding carboxylic acids is 2. The van der Waals surface area contributed by atoms with Crippen LogP contribution in [-0.4, -0.2) is 55.8 Å². The Morgan fingerprint density at radius 2 is 1.82 bits per heavy atom. The molecule has 0 aromatic heterocycles. The maximum Gasteiger partial charge on any atom is 0.482 e. The molecule has 2 aromatic rings. The molecule has 9 heteroatoms. The number of carbonyl (C=O) groups is 2. The van der Waals surface area contributed by atoms with E-state index in [-0.39, 0.29) is 29.6 Å². The summed E-state index contributed by atoms with van der Waals surface area (Å²) in [5.74, 6) is 5.10. The molecule has 6 rings (SSSR count). The third kappa shape index (κ3) is 6.65. The van der Waals surface area contributed by atoms with Gasteiger partial charge in [-0.05, 0) is 66.5 Å². The van der Waals surface area contributed by atoms with Gasteiger partial charge in [0.05, 0.1) is 23.7 Å². The summed E-state index contributed by atoms with van der Waals surface area (Å²) >= 11 is 0. The molecular weight excluding hydrogens is 553 g/mol. The minimum Gasteiger partial charge on any atom is -0.445 e. The molecule has 1 aliphatic heterocycles. The van der Waals surface area contributed by atoms with Gasteiger partial charge in [0.15, 0.2) is 5.92 Å². The summed E-state index contributed by atoms with van der Waals surface area (Å²) in [6.45, 7) is 6.97. The summed E-state index contributed by atoms with van der Waals surface area (Å²) in [4.78, 5) is 26.5. The summed E-state index contributed by atoms with van der Waals surface area (Å²) in [5, 5.41) is 12.3. The molecule has 1 heterocycles. The van der Waals surface area contributed by atoms with Gasteiger partial charge in [0.25, 0.3) is 5.91 Å². The second-order valence-corrected chi connectivity index (χ2v) is 13.3. The van der Waals surface area contributed by atoms with Crippen LogP contribution >= 0.6 is 0 Å². The smallest absolute Gasteiger partial charge is 0.445 e. The maximum atomic E-state index is 13.1. The molecule has 2 amide bonds. The highest BCUT2D eigenvalue weighted by Crippen LogP contribution is 2.65. The van der Waals surface area contributed by atoms with Gasteiger partial charge < -0.3 is 24.3 Å². The maximum absolute atomic E-state index is 13.1. The van der Waals surface area contributed by atoms with Gasteiger partial charge in [0.1, 0.15) is 6.61 Å². The summed E-state index contributed by atoms with van der Waals surface area (Å²) < 4.78 is 18.9. The van der Waals surface area contributed by atoms with E-state index in [2.05, 4.69) is 37.9 Å². The molecule has 4 aliphatic rings. The van der Waals surface area contributed by atoms with E-state index in [9.17, 15) is 14.9 Å². The highest BCUT2D eigenvalue weighted by Gasteiger charge is 2.68. The van der Waals surface area contributed by atoms with Crippen molar-refractivity contribution in [2.75, 3.05) is 14.1 Å². The number of hydrogen-bond acceptors (Lipinski definition) is 6. The lowest BCUT2D eigenvalue weighted by atomic mass is 9.43. The average molecular weight is 596 g/mol. The summed E-state index contributed by atoms with van der Waals surface area (Å²) in [6, 6.07) is 19.8. The minimum absolute atomic E-state index is 0.0204. The number of benzene rings is 2. The molecule has 0 radical (unpaired) electrons. The van der Waals surface area contributed by atoms with Crippen LogP contribution in [0.15, 0.2) is 54.6 Å². The third-order valence-electron chi connectivity index (χ3n) is 9.86. The predicted molar refractivity (Wildman–Crippen MR) is 168 cm³/mol. The molecule has 44 heavy (non-hydrogen) atoms. The summed E-state index contributed by atoms with van der Waals surface area (Å²) in [7, 11) is 2.65. The number of nitrogens with one attached hydrogen (secondary N) is 1. The number of aryl methyl sites for hydroxylation is 1. The fourth-order valence-corrected chi connectivity index (χ4v) is 7.16. The average Bonchev–Trinajstić information content (AvgIpc) is 3.37.